The van der Waals surface area contributed by atoms with Crippen LogP contribution in [-0.2, 0) is 19.1 Å². The minimum Gasteiger partial charge on any atom is -0.469 e. The van der Waals surface area contributed by atoms with Crippen LogP contribution in [0.4, 0.5) is 0 Å². The minimum absolute atomic E-state index is 0.0255. The fraction of sp³-hybridized carbons (Fsp3) is 0.700. The summed E-state index contributed by atoms with van der Waals surface area (Å²) in [5.74, 6) is -2.09. The van der Waals surface area contributed by atoms with Gasteiger partial charge in [-0.25, -0.2) is 0 Å². The van der Waals surface area contributed by atoms with Crippen LogP contribution in [-0.4, -0.2) is 47.1 Å². The van der Waals surface area contributed by atoms with Crippen LogP contribution in [0.3, 0.4) is 0 Å². The molecule has 6 heteroatoms. The molecule has 1 heterocycles. The SMILES string of the molecule is C=C1C2C=C3C(C(=O)OC)C4C5(C)C(=O)OC4(CCC5O)C3(CC2)C1O. The van der Waals surface area contributed by atoms with Gasteiger partial charge in [0.25, 0.3) is 0 Å². The molecule has 2 N–H and O–H groups in total. The van der Waals surface area contributed by atoms with Gasteiger partial charge in [0.15, 0.2) is 0 Å². The van der Waals surface area contributed by atoms with E-state index in [9.17, 15) is 19.8 Å². The molecule has 1 spiro atoms. The first-order valence-corrected chi connectivity index (χ1v) is 9.34. The molecule has 0 aromatic carbocycles. The van der Waals surface area contributed by atoms with Gasteiger partial charge < -0.3 is 19.7 Å². The lowest BCUT2D eigenvalue weighted by Gasteiger charge is -2.56. The summed E-state index contributed by atoms with van der Waals surface area (Å²) < 4.78 is 11.2. The van der Waals surface area contributed by atoms with E-state index < -0.39 is 52.4 Å². The highest BCUT2D eigenvalue weighted by Crippen LogP contribution is 2.77. The highest BCUT2D eigenvalue weighted by Gasteiger charge is 2.84. The van der Waals surface area contributed by atoms with Crippen molar-refractivity contribution >= 4 is 11.9 Å². The van der Waals surface area contributed by atoms with Crippen molar-refractivity contribution in [3.63, 3.8) is 0 Å². The lowest BCUT2D eigenvalue weighted by Crippen LogP contribution is -2.61. The van der Waals surface area contributed by atoms with Crippen molar-refractivity contribution in [2.24, 2.45) is 28.6 Å². The summed E-state index contributed by atoms with van der Waals surface area (Å²) in [5.41, 5.74) is -1.44. The number of esters is 2. The van der Waals surface area contributed by atoms with Crippen molar-refractivity contribution in [3.05, 3.63) is 23.8 Å². The highest BCUT2D eigenvalue weighted by molar-refractivity contribution is 5.88. The number of ether oxygens (including phenoxy) is 2. The van der Waals surface area contributed by atoms with E-state index in [2.05, 4.69) is 6.58 Å². The standard InChI is InChI=1S/C20H24O6/c1-9-10-4-6-19(15(9)22)11(8-10)13(16(23)25-3)14-18(2)12(21)5-7-20(14,19)26-17(18)24/h8,10,12-15,21-22H,1,4-7H2,2-3H3. The monoisotopic (exact) mass is 360 g/mol. The molecule has 5 aliphatic carbocycles. The third-order valence-electron chi connectivity index (χ3n) is 8.26. The molecule has 1 saturated heterocycles. The first-order chi connectivity index (χ1) is 12.3. The largest absolute Gasteiger partial charge is 0.469 e. The molecule has 0 aromatic heterocycles. The van der Waals surface area contributed by atoms with E-state index in [0.29, 0.717) is 19.3 Å². The number of methoxy groups -OCH3 is 1. The Morgan fingerprint density at radius 2 is 2.08 bits per heavy atom. The Labute approximate surface area is 151 Å². The highest BCUT2D eigenvalue weighted by atomic mass is 16.6. The topological polar surface area (TPSA) is 93.1 Å². The van der Waals surface area contributed by atoms with Crippen molar-refractivity contribution in [2.75, 3.05) is 7.11 Å². The van der Waals surface area contributed by atoms with Crippen LogP contribution >= 0.6 is 0 Å². The van der Waals surface area contributed by atoms with Crippen molar-refractivity contribution in [1.29, 1.82) is 0 Å². The Hall–Kier alpha value is -1.66. The summed E-state index contributed by atoms with van der Waals surface area (Å²) in [6.07, 6.45) is 2.61. The molecule has 6 rings (SSSR count). The van der Waals surface area contributed by atoms with E-state index >= 15 is 0 Å². The summed E-state index contributed by atoms with van der Waals surface area (Å²) in [6, 6.07) is 0. The van der Waals surface area contributed by atoms with Crippen LogP contribution in [0.2, 0.25) is 0 Å². The Balaban J connectivity index is 1.83. The molecule has 6 nitrogen and oxygen atoms in total. The molecule has 8 unspecified atom stereocenters. The van der Waals surface area contributed by atoms with Gasteiger partial charge in [-0.3, -0.25) is 9.59 Å². The molecule has 3 saturated carbocycles. The van der Waals surface area contributed by atoms with Gasteiger partial charge in [-0.2, -0.15) is 0 Å². The molecule has 140 valence electrons. The van der Waals surface area contributed by atoms with E-state index in [-0.39, 0.29) is 5.92 Å². The smallest absolute Gasteiger partial charge is 0.315 e. The molecule has 0 aromatic rings. The predicted molar refractivity (Wildman–Crippen MR) is 89.6 cm³/mol. The Kier molecular flexibility index (Phi) is 2.92. The van der Waals surface area contributed by atoms with E-state index in [4.69, 9.17) is 9.47 Å². The maximum Gasteiger partial charge on any atom is 0.315 e. The van der Waals surface area contributed by atoms with Gasteiger partial charge >= 0.3 is 11.9 Å². The van der Waals surface area contributed by atoms with Crippen molar-refractivity contribution in [3.8, 4) is 0 Å². The van der Waals surface area contributed by atoms with Gasteiger partial charge in [0.05, 0.1) is 36.1 Å². The molecule has 4 bridgehead atoms. The summed E-state index contributed by atoms with van der Waals surface area (Å²) in [4.78, 5) is 25.8. The average Bonchev–Trinajstić information content (AvgIpc) is 2.98. The van der Waals surface area contributed by atoms with Crippen LogP contribution in [0.25, 0.3) is 0 Å². The first kappa shape index (κ1) is 16.5. The minimum atomic E-state index is -1.18. The zero-order valence-electron chi connectivity index (χ0n) is 15.0. The number of rotatable bonds is 1. The van der Waals surface area contributed by atoms with Gasteiger partial charge in [0.2, 0.25) is 0 Å². The fourth-order valence-electron chi connectivity index (χ4n) is 7.08. The molecule has 4 fully saturated rings. The number of fused-ring (bicyclic) bond motifs is 2. The molecular weight excluding hydrogens is 336 g/mol. The second-order valence-corrected chi connectivity index (χ2v) is 8.81. The lowest BCUT2D eigenvalue weighted by atomic mass is 9.50. The molecule has 6 aliphatic rings. The van der Waals surface area contributed by atoms with E-state index in [1.807, 2.05) is 6.08 Å². The van der Waals surface area contributed by atoms with Crippen molar-refractivity contribution < 1.29 is 29.3 Å². The molecular formula is C20H24O6. The van der Waals surface area contributed by atoms with Gasteiger partial charge in [-0.15, -0.1) is 0 Å². The quantitative estimate of drug-likeness (QED) is 0.538. The number of carbonyl (C=O) groups excluding carboxylic acids is 2. The normalized spacial score (nSPS) is 53.7. The Morgan fingerprint density at radius 3 is 2.77 bits per heavy atom. The third kappa shape index (κ3) is 1.36. The molecule has 0 radical (unpaired) electrons. The second kappa shape index (κ2) is 4.60. The third-order valence-corrected chi connectivity index (χ3v) is 8.26. The number of hydrogen-bond donors (Lipinski definition) is 2. The van der Waals surface area contributed by atoms with E-state index in [1.165, 1.54) is 7.11 Å². The molecule has 26 heavy (non-hydrogen) atoms. The zero-order chi connectivity index (χ0) is 18.6. The van der Waals surface area contributed by atoms with Gasteiger partial charge in [0, 0.05) is 11.8 Å². The number of allylic oxidation sites excluding steroid dienone is 1. The summed E-state index contributed by atoms with van der Waals surface area (Å²) in [6.45, 7) is 5.79. The number of aliphatic hydroxyl groups is 2. The van der Waals surface area contributed by atoms with E-state index in [0.717, 1.165) is 17.6 Å². The van der Waals surface area contributed by atoms with Crippen molar-refractivity contribution in [2.45, 2.75) is 50.4 Å². The first-order valence-electron chi connectivity index (χ1n) is 9.34. The zero-order valence-corrected chi connectivity index (χ0v) is 15.0. The number of carbonyl (C=O) groups is 2. The summed E-state index contributed by atoms with van der Waals surface area (Å²) in [7, 11) is 1.34. The van der Waals surface area contributed by atoms with Gasteiger partial charge in [0.1, 0.15) is 5.60 Å². The Morgan fingerprint density at radius 1 is 1.35 bits per heavy atom. The van der Waals surface area contributed by atoms with Crippen LogP contribution in [0.15, 0.2) is 23.8 Å². The number of hydrogen-bond acceptors (Lipinski definition) is 6. The maximum absolute atomic E-state index is 12.9. The van der Waals surface area contributed by atoms with E-state index in [1.54, 1.807) is 6.92 Å². The lowest BCUT2D eigenvalue weighted by molar-refractivity contribution is -0.174. The molecule has 0 amide bonds. The maximum atomic E-state index is 12.9. The second-order valence-electron chi connectivity index (χ2n) is 8.81. The van der Waals surface area contributed by atoms with Crippen LogP contribution in [0.5, 0.6) is 0 Å². The van der Waals surface area contributed by atoms with Crippen LogP contribution in [0.1, 0.15) is 32.6 Å². The van der Waals surface area contributed by atoms with Gasteiger partial charge in [-0.1, -0.05) is 12.7 Å². The number of aliphatic hydroxyl groups excluding tert-OH is 2. The molecule has 8 atom stereocenters. The van der Waals surface area contributed by atoms with Gasteiger partial charge in [-0.05, 0) is 43.8 Å². The van der Waals surface area contributed by atoms with Crippen molar-refractivity contribution in [1.82, 2.24) is 0 Å². The molecule has 1 aliphatic heterocycles. The fourth-order valence-corrected chi connectivity index (χ4v) is 7.08. The summed E-state index contributed by atoms with van der Waals surface area (Å²) >= 11 is 0. The predicted octanol–water partition coefficient (Wildman–Crippen LogP) is 1.12. The Bertz CT molecular complexity index is 785. The van der Waals surface area contributed by atoms with Crippen LogP contribution < -0.4 is 0 Å². The summed E-state index contributed by atoms with van der Waals surface area (Å²) in [5, 5.41) is 22.0. The average molecular weight is 360 g/mol. The van der Waals surface area contributed by atoms with Crippen LogP contribution in [0, 0.1) is 28.6 Å².